The smallest absolute Gasteiger partial charge is 1.00 e. The van der Waals surface area contributed by atoms with Crippen LogP contribution in [0.5, 0.6) is 0 Å². The molecule has 0 aliphatic heterocycles. The van der Waals surface area contributed by atoms with E-state index in [4.69, 9.17) is 0 Å². The van der Waals surface area contributed by atoms with Crippen LogP contribution in [0.4, 0.5) is 0 Å². The van der Waals surface area contributed by atoms with E-state index in [2.05, 4.69) is 96.3 Å². The fourth-order valence-electron chi connectivity index (χ4n) is 5.88. The molecule has 3 heteroatoms. The number of halogens is 2. The van der Waals surface area contributed by atoms with Gasteiger partial charge in [-0.15, -0.1) is 0 Å². The van der Waals surface area contributed by atoms with Crippen molar-refractivity contribution in [2.24, 2.45) is 5.41 Å². The first-order valence-electron chi connectivity index (χ1n) is 14.0. The van der Waals surface area contributed by atoms with Crippen molar-refractivity contribution < 1.29 is 46.1 Å². The van der Waals surface area contributed by atoms with Crippen molar-refractivity contribution in [1.29, 1.82) is 0 Å². The predicted octanol–water partition coefficient (Wildman–Crippen LogP) is 4.48. The van der Waals surface area contributed by atoms with Gasteiger partial charge in [-0.1, -0.05) is 0 Å². The van der Waals surface area contributed by atoms with Crippen molar-refractivity contribution >= 4 is 15.4 Å². The zero-order valence-corrected chi connectivity index (χ0v) is 27.9. The fourth-order valence-corrected chi connectivity index (χ4v) is 15.4. The largest absolute Gasteiger partial charge is 1.00 e. The van der Waals surface area contributed by atoms with Crippen molar-refractivity contribution in [3.8, 4) is 11.1 Å². The molecule has 0 unspecified atom stereocenters. The van der Waals surface area contributed by atoms with Crippen LogP contribution in [0, 0.1) is 5.41 Å². The number of allylic oxidation sites excluding steroid dienone is 4. The van der Waals surface area contributed by atoms with Gasteiger partial charge in [0.1, 0.15) is 0 Å². The van der Waals surface area contributed by atoms with E-state index in [1.165, 1.54) is 67.2 Å². The van der Waals surface area contributed by atoms with Crippen LogP contribution in [0.3, 0.4) is 0 Å². The maximum absolute atomic E-state index is 4.07. The third kappa shape index (κ3) is 6.89. The van der Waals surface area contributed by atoms with E-state index in [-0.39, 0.29) is 30.2 Å². The first-order valence-corrected chi connectivity index (χ1v) is 17.9. The first kappa shape index (κ1) is 32.9. The van der Waals surface area contributed by atoms with Crippen molar-refractivity contribution in [3.05, 3.63) is 92.8 Å². The molecule has 0 fully saturated rings. The summed E-state index contributed by atoms with van der Waals surface area (Å²) in [4.78, 5) is 0. The molecule has 0 aromatic heterocycles. The van der Waals surface area contributed by atoms with Crippen LogP contribution < -0.4 is 24.8 Å². The van der Waals surface area contributed by atoms with Gasteiger partial charge in [0.15, 0.2) is 0 Å². The molecule has 0 radical (unpaired) electrons. The monoisotopic (exact) mass is 624 g/mol. The molecule has 0 nitrogen and oxygen atoms in total. The first-order chi connectivity index (χ1) is 17.3. The molecule has 4 rings (SSSR count). The topological polar surface area (TPSA) is 0 Å². The number of fused-ring (bicyclic) bond motifs is 3. The van der Waals surface area contributed by atoms with Crippen LogP contribution in [0.2, 0.25) is 0 Å². The van der Waals surface area contributed by atoms with E-state index in [1.54, 1.807) is 16.7 Å². The quantitative estimate of drug-likeness (QED) is 0.365. The van der Waals surface area contributed by atoms with Crippen molar-refractivity contribution in [2.75, 3.05) is 0 Å². The molecule has 202 valence electrons. The average Bonchev–Trinajstić information content (AvgIpc) is 3.49. The summed E-state index contributed by atoms with van der Waals surface area (Å²) in [7, 11) is 0. The van der Waals surface area contributed by atoms with E-state index in [9.17, 15) is 0 Å². The molecule has 0 spiro atoms. The SMILES string of the molecule is C=Cc1ccc2c(c1)-c1cc(C=C)ccc1[CH]2[Zr+2]([C]1=CC(C(C)(C)C)=CC1)=[C](CCCC)CCCC.[Cl-].[Cl-]. The van der Waals surface area contributed by atoms with E-state index in [1.807, 2.05) is 18.6 Å². The number of unbranched alkanes of at least 4 members (excludes halogenated alkanes) is 2. The standard InChI is InChI=1S/C17H13.C9H13.C9H18.2ClH.Zr/c1-3-12-5-7-14-11-15-8-6-13(4-2)10-17(15)16(14)9-12;1-9(2,3)8-6-4-5-7-8;1-3-5-7-9-8-6-4-2;;;/h3-11H,1-2H2;6-7H,4H2,1-3H3;3-8H2,1-2H3;2*1H;/q;;;;;+2/p-2. The van der Waals surface area contributed by atoms with E-state index >= 15 is 0 Å². The number of rotatable bonds is 10. The van der Waals surface area contributed by atoms with E-state index < -0.39 is 21.3 Å². The van der Waals surface area contributed by atoms with Crippen molar-refractivity contribution in [3.63, 3.8) is 0 Å². The summed E-state index contributed by atoms with van der Waals surface area (Å²) < 4.78 is 4.34. The van der Waals surface area contributed by atoms with E-state index in [0.717, 1.165) is 0 Å². The van der Waals surface area contributed by atoms with Gasteiger partial charge in [0.2, 0.25) is 0 Å². The Labute approximate surface area is 252 Å². The molecule has 0 N–H and O–H groups in total. The molecule has 0 saturated carbocycles. The Bertz CT molecular complexity index is 1190. The minimum Gasteiger partial charge on any atom is -1.00 e. The van der Waals surface area contributed by atoms with Gasteiger partial charge >= 0.3 is 229 Å². The maximum atomic E-state index is 4.07. The molecule has 2 aliphatic rings. The minimum atomic E-state index is -2.28. The second kappa shape index (κ2) is 14.4. The van der Waals surface area contributed by atoms with Crippen molar-refractivity contribution in [2.45, 2.75) is 83.2 Å². The molecule has 0 saturated heterocycles. The summed E-state index contributed by atoms with van der Waals surface area (Å²) in [5.74, 6) is 0. The van der Waals surface area contributed by atoms with Gasteiger partial charge in [-0.05, 0) is 0 Å². The van der Waals surface area contributed by atoms with Crippen LogP contribution in [0.25, 0.3) is 23.3 Å². The summed E-state index contributed by atoms with van der Waals surface area (Å²) in [6.45, 7) is 19.9. The van der Waals surface area contributed by atoms with Gasteiger partial charge < -0.3 is 24.8 Å². The molecule has 0 amide bonds. The predicted molar refractivity (Wildman–Crippen MR) is 158 cm³/mol. The van der Waals surface area contributed by atoms with Crippen LogP contribution in [0.1, 0.15) is 105 Å². The third-order valence-electron chi connectivity index (χ3n) is 7.96. The summed E-state index contributed by atoms with van der Waals surface area (Å²) in [6.07, 6.45) is 18.2. The van der Waals surface area contributed by atoms with Gasteiger partial charge in [0.25, 0.3) is 0 Å². The molecule has 2 aromatic rings. The molecule has 38 heavy (non-hydrogen) atoms. The molecule has 2 aromatic carbocycles. The molecule has 0 atom stereocenters. The minimum absolute atomic E-state index is 0. The number of benzene rings is 2. The average molecular weight is 627 g/mol. The number of hydrogen-bond donors (Lipinski definition) is 0. The Morgan fingerprint density at radius 3 is 1.76 bits per heavy atom. The van der Waals surface area contributed by atoms with Gasteiger partial charge in [-0.3, -0.25) is 0 Å². The Balaban J connectivity index is 0.00000253. The van der Waals surface area contributed by atoms with Crippen molar-refractivity contribution in [1.82, 2.24) is 0 Å². The summed E-state index contributed by atoms with van der Waals surface area (Å²) >= 11 is -2.28. The zero-order valence-electron chi connectivity index (χ0n) is 24.0. The van der Waals surface area contributed by atoms with Gasteiger partial charge in [-0.2, -0.15) is 0 Å². The molecular weight excluding hydrogens is 583 g/mol. The molecule has 0 heterocycles. The third-order valence-corrected chi connectivity index (χ3v) is 16.6. The summed E-state index contributed by atoms with van der Waals surface area (Å²) in [6, 6.07) is 14.2. The van der Waals surface area contributed by atoms with Crippen LogP contribution >= 0.6 is 0 Å². The normalized spacial score (nSPS) is 13.7. The fraction of sp³-hybridized carbons (Fsp3) is 0.400. The Kier molecular flexibility index (Phi) is 12.5. The second-order valence-corrected chi connectivity index (χ2v) is 18.3. The van der Waals surface area contributed by atoms with Gasteiger partial charge in [0, 0.05) is 0 Å². The van der Waals surface area contributed by atoms with E-state index in [0.29, 0.717) is 3.63 Å². The number of hydrogen-bond acceptors (Lipinski definition) is 0. The van der Waals surface area contributed by atoms with Crippen LogP contribution in [-0.4, -0.2) is 3.21 Å². The van der Waals surface area contributed by atoms with Crippen LogP contribution in [-0.2, 0) is 21.3 Å². The van der Waals surface area contributed by atoms with Crippen LogP contribution in [0.15, 0.2) is 70.6 Å². The Hall–Kier alpha value is -1.27. The maximum Gasteiger partial charge on any atom is -1.00 e. The second-order valence-electron chi connectivity index (χ2n) is 11.5. The molecule has 0 bridgehead atoms. The Morgan fingerprint density at radius 1 is 0.868 bits per heavy atom. The molecule has 2 aliphatic carbocycles. The summed E-state index contributed by atoms with van der Waals surface area (Å²) in [5, 5.41) is 0. The summed E-state index contributed by atoms with van der Waals surface area (Å²) in [5.41, 5.74) is 10.2. The van der Waals surface area contributed by atoms with Gasteiger partial charge in [0.05, 0.1) is 0 Å². The zero-order chi connectivity index (χ0) is 25.9. The van der Waals surface area contributed by atoms with Gasteiger partial charge in [-0.25, -0.2) is 0 Å². The molecular formula is C35H44Cl2Zr. The Morgan fingerprint density at radius 2 is 1.37 bits per heavy atom.